The number of ether oxygens (including phenoxy) is 2. The number of hydrogen-bond donors (Lipinski definition) is 0. The van der Waals surface area contributed by atoms with Crippen molar-refractivity contribution in [2.75, 3.05) is 11.5 Å². The van der Waals surface area contributed by atoms with E-state index in [0.29, 0.717) is 16.9 Å². The van der Waals surface area contributed by atoms with Crippen molar-refractivity contribution in [2.24, 2.45) is 0 Å². The van der Waals surface area contributed by atoms with Gasteiger partial charge in [-0.1, -0.05) is 24.3 Å². The molecule has 8 heteroatoms. The van der Waals surface area contributed by atoms with Crippen molar-refractivity contribution in [3.05, 3.63) is 65.0 Å². The van der Waals surface area contributed by atoms with Crippen LogP contribution in [0, 0.1) is 0 Å². The van der Waals surface area contributed by atoms with Crippen molar-refractivity contribution < 1.29 is 27.4 Å². The van der Waals surface area contributed by atoms with Gasteiger partial charge in [-0.05, 0) is 45.4 Å². The number of pyridine rings is 1. The number of fused-ring (bicyclic) bond motifs is 1. The largest absolute Gasteiger partial charge is 0.475 e. The summed E-state index contributed by atoms with van der Waals surface area (Å²) in [5.41, 5.74) is 0.567. The highest BCUT2D eigenvalue weighted by molar-refractivity contribution is 5.94. The second kappa shape index (κ2) is 8.38. The number of allylic oxidation sites excluding steroid dienone is 2. The molecule has 0 saturated carbocycles. The Bertz CT molecular complexity index is 970. The summed E-state index contributed by atoms with van der Waals surface area (Å²) in [4.78, 5) is 18.2. The van der Waals surface area contributed by atoms with Crippen molar-refractivity contribution in [1.82, 2.24) is 4.98 Å². The second-order valence-corrected chi connectivity index (χ2v) is 7.12. The molecule has 0 N–H and O–H groups in total. The van der Waals surface area contributed by atoms with E-state index in [1.54, 1.807) is 45.9 Å². The first-order chi connectivity index (χ1) is 14.1. The summed E-state index contributed by atoms with van der Waals surface area (Å²) in [5, 5.41) is 0. The molecule has 2 heterocycles. The summed E-state index contributed by atoms with van der Waals surface area (Å²) in [6, 6.07) is 6.98. The van der Waals surface area contributed by atoms with Crippen LogP contribution in [0.4, 0.5) is 23.7 Å². The van der Waals surface area contributed by atoms with Crippen LogP contribution in [0.3, 0.4) is 0 Å². The number of halogens is 3. The summed E-state index contributed by atoms with van der Waals surface area (Å²) in [7, 11) is 0. The molecule has 1 aliphatic rings. The highest BCUT2D eigenvalue weighted by atomic mass is 19.4. The van der Waals surface area contributed by atoms with Gasteiger partial charge in [-0.2, -0.15) is 13.2 Å². The Balaban J connectivity index is 2.27. The van der Waals surface area contributed by atoms with Gasteiger partial charge in [0.1, 0.15) is 0 Å². The Labute approximate surface area is 173 Å². The number of anilines is 1. The summed E-state index contributed by atoms with van der Waals surface area (Å²) in [5.74, 6) is -0.617. The summed E-state index contributed by atoms with van der Waals surface area (Å²) in [6.07, 6.45) is -2.33. The molecule has 0 spiro atoms. The number of amides is 1. The van der Waals surface area contributed by atoms with Crippen LogP contribution < -0.4 is 9.64 Å². The minimum Gasteiger partial charge on any atom is -0.475 e. The molecule has 1 atom stereocenters. The third-order valence-corrected chi connectivity index (χ3v) is 4.64. The molecule has 0 radical (unpaired) electrons. The van der Waals surface area contributed by atoms with Gasteiger partial charge in [0.15, 0.2) is 0 Å². The molecule has 160 valence electrons. The molecule has 1 aromatic heterocycles. The zero-order valence-electron chi connectivity index (χ0n) is 17.2. The van der Waals surface area contributed by atoms with Crippen LogP contribution in [0.1, 0.15) is 50.3 Å². The molecule has 1 amide bonds. The predicted molar refractivity (Wildman–Crippen MR) is 107 cm³/mol. The quantitative estimate of drug-likeness (QED) is 0.618. The van der Waals surface area contributed by atoms with Gasteiger partial charge in [0.2, 0.25) is 5.88 Å². The number of rotatable bonds is 4. The number of benzene rings is 1. The van der Waals surface area contributed by atoms with Gasteiger partial charge in [-0.15, -0.1) is 0 Å². The van der Waals surface area contributed by atoms with Crippen LogP contribution in [0.2, 0.25) is 0 Å². The van der Waals surface area contributed by atoms with E-state index in [1.807, 2.05) is 0 Å². The van der Waals surface area contributed by atoms with Gasteiger partial charge in [0.05, 0.1) is 24.0 Å². The fourth-order valence-electron chi connectivity index (χ4n) is 3.54. The first kappa shape index (κ1) is 21.7. The maximum atomic E-state index is 13.7. The maximum absolute atomic E-state index is 13.7. The van der Waals surface area contributed by atoms with E-state index in [1.165, 1.54) is 23.2 Å². The van der Waals surface area contributed by atoms with Crippen LogP contribution in [-0.4, -0.2) is 23.8 Å². The zero-order chi connectivity index (χ0) is 22.1. The lowest BCUT2D eigenvalue weighted by Gasteiger charge is -2.34. The summed E-state index contributed by atoms with van der Waals surface area (Å²) >= 11 is 0. The van der Waals surface area contributed by atoms with Gasteiger partial charge in [0.25, 0.3) is 0 Å². The van der Waals surface area contributed by atoms with Gasteiger partial charge in [-0.25, -0.2) is 9.78 Å². The Morgan fingerprint density at radius 2 is 1.93 bits per heavy atom. The molecule has 30 heavy (non-hydrogen) atoms. The van der Waals surface area contributed by atoms with Crippen molar-refractivity contribution in [1.29, 1.82) is 0 Å². The first-order valence-electron chi connectivity index (χ1n) is 9.62. The highest BCUT2D eigenvalue weighted by Crippen LogP contribution is 2.47. The lowest BCUT2D eigenvalue weighted by molar-refractivity contribution is -0.138. The normalized spacial score (nSPS) is 16.2. The average Bonchev–Trinajstić information content (AvgIpc) is 2.66. The highest BCUT2D eigenvalue weighted by Gasteiger charge is 2.39. The topological polar surface area (TPSA) is 51.7 Å². The second-order valence-electron chi connectivity index (χ2n) is 7.12. The minimum absolute atomic E-state index is 0.0655. The predicted octanol–water partition coefficient (Wildman–Crippen LogP) is 5.90. The van der Waals surface area contributed by atoms with Gasteiger partial charge < -0.3 is 9.47 Å². The Hall–Kier alpha value is -3.03. The van der Waals surface area contributed by atoms with Crippen LogP contribution in [0.25, 0.3) is 0 Å². The molecule has 0 bridgehead atoms. The average molecular weight is 420 g/mol. The fourth-order valence-corrected chi connectivity index (χ4v) is 3.54. The van der Waals surface area contributed by atoms with Crippen LogP contribution in [-0.2, 0) is 10.9 Å². The van der Waals surface area contributed by atoms with E-state index in [2.05, 4.69) is 4.98 Å². The number of alkyl halides is 3. The molecular weight excluding hydrogens is 397 g/mol. The maximum Gasteiger partial charge on any atom is 0.418 e. The molecule has 0 saturated heterocycles. The van der Waals surface area contributed by atoms with Crippen LogP contribution in [0.5, 0.6) is 5.88 Å². The molecule has 0 fully saturated rings. The standard InChI is InChI=1S/C22H23F3N2O3/c1-5-29-21(28)27-14(4)12-16(15-8-6-7-9-17(15)22(23,24)25)19-18(27)10-11-26-20(19)30-13(2)3/h6-13,16H,5H2,1-4H3. The molecule has 2 aromatic rings. The molecule has 1 unspecified atom stereocenters. The van der Waals surface area contributed by atoms with Crippen molar-refractivity contribution in [3.8, 4) is 5.88 Å². The van der Waals surface area contributed by atoms with Crippen molar-refractivity contribution in [2.45, 2.75) is 45.9 Å². The molecule has 3 rings (SSSR count). The van der Waals surface area contributed by atoms with Crippen molar-refractivity contribution >= 4 is 11.8 Å². The number of hydrogen-bond acceptors (Lipinski definition) is 4. The van der Waals surface area contributed by atoms with Crippen LogP contribution in [0.15, 0.2) is 48.3 Å². The first-order valence-corrected chi connectivity index (χ1v) is 9.62. The zero-order valence-corrected chi connectivity index (χ0v) is 17.2. The molecule has 0 aliphatic carbocycles. The fraction of sp³-hybridized carbons (Fsp3) is 0.364. The number of aromatic nitrogens is 1. The van der Waals surface area contributed by atoms with E-state index in [0.717, 1.165) is 6.07 Å². The van der Waals surface area contributed by atoms with Gasteiger partial charge in [0, 0.05) is 23.4 Å². The third-order valence-electron chi connectivity index (χ3n) is 4.64. The third kappa shape index (κ3) is 4.13. The van der Waals surface area contributed by atoms with Crippen LogP contribution >= 0.6 is 0 Å². The Kier molecular flexibility index (Phi) is 6.05. The summed E-state index contributed by atoms with van der Waals surface area (Å²) < 4.78 is 52.2. The SMILES string of the molecule is CCOC(=O)N1C(C)=CC(c2ccccc2C(F)(F)F)c2c1ccnc2OC(C)C. The monoisotopic (exact) mass is 420 g/mol. The summed E-state index contributed by atoms with van der Waals surface area (Å²) in [6.45, 7) is 7.11. The Morgan fingerprint density at radius 3 is 2.57 bits per heavy atom. The van der Waals surface area contributed by atoms with E-state index in [-0.39, 0.29) is 24.2 Å². The van der Waals surface area contributed by atoms with E-state index in [4.69, 9.17) is 9.47 Å². The lowest BCUT2D eigenvalue weighted by Crippen LogP contribution is -2.34. The number of carbonyl (C=O) groups excluding carboxylic acids is 1. The molecule has 5 nitrogen and oxygen atoms in total. The lowest BCUT2D eigenvalue weighted by atomic mass is 9.84. The van der Waals surface area contributed by atoms with Crippen molar-refractivity contribution in [3.63, 3.8) is 0 Å². The molecular formula is C22H23F3N2O3. The Morgan fingerprint density at radius 1 is 1.23 bits per heavy atom. The molecule has 1 aliphatic heterocycles. The van der Waals surface area contributed by atoms with E-state index >= 15 is 0 Å². The van der Waals surface area contributed by atoms with Gasteiger partial charge in [-0.3, -0.25) is 4.90 Å². The number of carbonyl (C=O) groups is 1. The van der Waals surface area contributed by atoms with Gasteiger partial charge >= 0.3 is 12.3 Å². The van der Waals surface area contributed by atoms with E-state index < -0.39 is 23.8 Å². The smallest absolute Gasteiger partial charge is 0.418 e. The molecule has 1 aromatic carbocycles. The number of nitrogens with zero attached hydrogens (tertiary/aromatic N) is 2. The van der Waals surface area contributed by atoms with E-state index in [9.17, 15) is 18.0 Å². The minimum atomic E-state index is -4.53.